The van der Waals surface area contributed by atoms with E-state index in [0.29, 0.717) is 0 Å². The van der Waals surface area contributed by atoms with Gasteiger partial charge in [-0.3, -0.25) is 0 Å². The lowest BCUT2D eigenvalue weighted by atomic mass is 10.4. The first kappa shape index (κ1) is 12.3. The number of aromatic nitrogens is 2. The predicted molar refractivity (Wildman–Crippen MR) is 69.7 cm³/mol. The molecule has 1 aromatic heterocycles. The third kappa shape index (κ3) is 3.17. The van der Waals surface area contributed by atoms with Crippen LogP contribution in [0.25, 0.3) is 0 Å². The molecule has 1 aliphatic rings. The summed E-state index contributed by atoms with van der Waals surface area (Å²) in [6.07, 6.45) is 4.83. The van der Waals surface area contributed by atoms with Crippen LogP contribution in [0.4, 0.5) is 0 Å². The molecule has 0 fully saturated rings. The van der Waals surface area contributed by atoms with E-state index in [1.54, 1.807) is 7.11 Å². The summed E-state index contributed by atoms with van der Waals surface area (Å²) in [4.78, 5) is 6.47. The van der Waals surface area contributed by atoms with Crippen LogP contribution in [0.1, 0.15) is 12.2 Å². The number of fused-ring (bicyclic) bond motifs is 1. The number of nitrogens with one attached hydrogen (secondary N) is 1. The van der Waals surface area contributed by atoms with Crippen LogP contribution < -0.4 is 5.32 Å². The number of nitrogens with zero attached hydrogens (tertiary/aromatic N) is 3. The number of thiocarbonyl (C=S) groups is 1. The molecule has 1 aromatic rings. The zero-order chi connectivity index (χ0) is 12.1. The number of imidazole rings is 1. The number of rotatable bonds is 4. The summed E-state index contributed by atoms with van der Waals surface area (Å²) >= 11 is 5.36. The first-order valence-corrected chi connectivity index (χ1v) is 6.24. The maximum atomic E-state index is 5.36. The molecule has 0 aliphatic carbocycles. The van der Waals surface area contributed by atoms with Crippen molar-refractivity contribution in [2.45, 2.75) is 19.5 Å². The van der Waals surface area contributed by atoms with Crippen molar-refractivity contribution in [3.05, 3.63) is 18.2 Å². The zero-order valence-electron chi connectivity index (χ0n) is 10.1. The van der Waals surface area contributed by atoms with Gasteiger partial charge in [-0.2, -0.15) is 0 Å². The van der Waals surface area contributed by atoms with Crippen molar-refractivity contribution < 1.29 is 4.74 Å². The Morgan fingerprint density at radius 3 is 3.29 bits per heavy atom. The Morgan fingerprint density at radius 1 is 1.59 bits per heavy atom. The van der Waals surface area contributed by atoms with Gasteiger partial charge in [0.2, 0.25) is 0 Å². The fourth-order valence-electron chi connectivity index (χ4n) is 1.87. The summed E-state index contributed by atoms with van der Waals surface area (Å²) in [6, 6.07) is 0. The molecule has 0 aromatic carbocycles. The van der Waals surface area contributed by atoms with Crippen molar-refractivity contribution in [3.8, 4) is 0 Å². The van der Waals surface area contributed by atoms with Crippen molar-refractivity contribution in [1.29, 1.82) is 0 Å². The largest absolute Gasteiger partial charge is 0.385 e. The Kier molecular flexibility index (Phi) is 4.33. The van der Waals surface area contributed by atoms with Crippen LogP contribution in [-0.4, -0.2) is 46.4 Å². The molecule has 0 saturated carbocycles. The number of methoxy groups -OCH3 is 1. The van der Waals surface area contributed by atoms with E-state index in [1.807, 2.05) is 12.4 Å². The van der Waals surface area contributed by atoms with Crippen LogP contribution in [0.2, 0.25) is 0 Å². The summed E-state index contributed by atoms with van der Waals surface area (Å²) in [5.74, 6) is 1.08. The molecule has 0 atom stereocenters. The van der Waals surface area contributed by atoms with Gasteiger partial charge in [-0.25, -0.2) is 4.98 Å². The Labute approximate surface area is 107 Å². The first-order chi connectivity index (χ1) is 8.31. The van der Waals surface area contributed by atoms with Gasteiger partial charge in [0.1, 0.15) is 5.82 Å². The van der Waals surface area contributed by atoms with Crippen molar-refractivity contribution in [3.63, 3.8) is 0 Å². The minimum Gasteiger partial charge on any atom is -0.385 e. The quantitative estimate of drug-likeness (QED) is 0.630. The average Bonchev–Trinajstić information content (AvgIpc) is 2.81. The molecule has 2 heterocycles. The number of hydrogen-bond acceptors (Lipinski definition) is 3. The zero-order valence-corrected chi connectivity index (χ0v) is 10.9. The Bertz CT molecular complexity index is 379. The molecule has 0 spiro atoms. The predicted octanol–water partition coefficient (Wildman–Crippen LogP) is 0.610. The SMILES string of the molecule is COCCCNC(=S)N1CCn2ccnc2C1. The van der Waals surface area contributed by atoms with Crippen molar-refractivity contribution in [2.75, 3.05) is 26.8 Å². The fraction of sp³-hybridized carbons (Fsp3) is 0.636. The van der Waals surface area contributed by atoms with E-state index in [1.165, 1.54) is 0 Å². The molecular weight excluding hydrogens is 236 g/mol. The minimum atomic E-state index is 0.764. The first-order valence-electron chi connectivity index (χ1n) is 5.83. The van der Waals surface area contributed by atoms with E-state index in [-0.39, 0.29) is 0 Å². The molecule has 0 amide bonds. The summed E-state index contributed by atoms with van der Waals surface area (Å²) in [7, 11) is 1.71. The van der Waals surface area contributed by atoms with Gasteiger partial charge in [-0.15, -0.1) is 0 Å². The van der Waals surface area contributed by atoms with E-state index in [9.17, 15) is 0 Å². The molecule has 1 N–H and O–H groups in total. The molecule has 6 heteroatoms. The Hall–Kier alpha value is -1.14. The summed E-state index contributed by atoms with van der Waals surface area (Å²) < 4.78 is 7.17. The van der Waals surface area contributed by atoms with Gasteiger partial charge in [0.25, 0.3) is 0 Å². The lowest BCUT2D eigenvalue weighted by Crippen LogP contribution is -2.44. The van der Waals surface area contributed by atoms with Crippen molar-refractivity contribution in [1.82, 2.24) is 19.8 Å². The van der Waals surface area contributed by atoms with Crippen LogP contribution in [0.3, 0.4) is 0 Å². The molecule has 17 heavy (non-hydrogen) atoms. The van der Waals surface area contributed by atoms with Gasteiger partial charge >= 0.3 is 0 Å². The van der Waals surface area contributed by atoms with Gasteiger partial charge in [0, 0.05) is 45.7 Å². The van der Waals surface area contributed by atoms with Crippen LogP contribution in [0, 0.1) is 0 Å². The van der Waals surface area contributed by atoms with E-state index in [2.05, 4.69) is 19.8 Å². The molecule has 0 saturated heterocycles. The van der Waals surface area contributed by atoms with Gasteiger partial charge in [-0.05, 0) is 18.6 Å². The summed E-state index contributed by atoms with van der Waals surface area (Å²) in [6.45, 7) is 4.31. The molecule has 2 rings (SSSR count). The number of ether oxygens (including phenoxy) is 1. The topological polar surface area (TPSA) is 42.3 Å². The van der Waals surface area contributed by atoms with E-state index in [0.717, 1.165) is 50.1 Å². The third-order valence-electron chi connectivity index (χ3n) is 2.83. The maximum Gasteiger partial charge on any atom is 0.169 e. The van der Waals surface area contributed by atoms with Gasteiger partial charge < -0.3 is 19.5 Å². The fourth-order valence-corrected chi connectivity index (χ4v) is 2.13. The van der Waals surface area contributed by atoms with Crippen molar-refractivity contribution in [2.24, 2.45) is 0 Å². The van der Waals surface area contributed by atoms with E-state index < -0.39 is 0 Å². The van der Waals surface area contributed by atoms with Crippen LogP contribution >= 0.6 is 12.2 Å². The standard InChI is InChI=1S/C11H18N4OS/c1-16-8-2-3-13-11(17)15-7-6-14-5-4-12-10(14)9-15/h4-5H,2-3,6-9H2,1H3,(H,13,17). The molecule has 0 unspecified atom stereocenters. The van der Waals surface area contributed by atoms with E-state index in [4.69, 9.17) is 17.0 Å². The lowest BCUT2D eigenvalue weighted by molar-refractivity contribution is 0.195. The normalized spacial score (nSPS) is 14.5. The van der Waals surface area contributed by atoms with Crippen LogP contribution in [-0.2, 0) is 17.8 Å². The minimum absolute atomic E-state index is 0.764. The molecule has 0 radical (unpaired) electrons. The van der Waals surface area contributed by atoms with Crippen LogP contribution in [0.5, 0.6) is 0 Å². The molecule has 94 valence electrons. The highest BCUT2D eigenvalue weighted by Crippen LogP contribution is 2.09. The van der Waals surface area contributed by atoms with E-state index >= 15 is 0 Å². The third-order valence-corrected chi connectivity index (χ3v) is 3.24. The molecule has 0 bridgehead atoms. The second-order valence-electron chi connectivity index (χ2n) is 4.04. The lowest BCUT2D eigenvalue weighted by Gasteiger charge is -2.30. The van der Waals surface area contributed by atoms with Gasteiger partial charge in [0.15, 0.2) is 5.11 Å². The molecule has 5 nitrogen and oxygen atoms in total. The maximum absolute atomic E-state index is 5.36. The van der Waals surface area contributed by atoms with Gasteiger partial charge in [-0.1, -0.05) is 0 Å². The monoisotopic (exact) mass is 254 g/mol. The second-order valence-corrected chi connectivity index (χ2v) is 4.42. The second kappa shape index (κ2) is 5.97. The summed E-state index contributed by atoms with van der Waals surface area (Å²) in [5, 5.41) is 4.07. The summed E-state index contributed by atoms with van der Waals surface area (Å²) in [5.41, 5.74) is 0. The highest BCUT2D eigenvalue weighted by molar-refractivity contribution is 7.80. The highest BCUT2D eigenvalue weighted by atomic mass is 32.1. The Morgan fingerprint density at radius 2 is 2.47 bits per heavy atom. The molecular formula is C11H18N4OS. The average molecular weight is 254 g/mol. The van der Waals surface area contributed by atoms with Crippen LogP contribution in [0.15, 0.2) is 12.4 Å². The number of hydrogen-bond donors (Lipinski definition) is 1. The van der Waals surface area contributed by atoms with Crippen molar-refractivity contribution >= 4 is 17.3 Å². The molecule has 1 aliphatic heterocycles. The smallest absolute Gasteiger partial charge is 0.169 e. The highest BCUT2D eigenvalue weighted by Gasteiger charge is 2.18. The van der Waals surface area contributed by atoms with Gasteiger partial charge in [0.05, 0.1) is 6.54 Å². The Balaban J connectivity index is 1.78.